The molecule has 0 aliphatic heterocycles. The average molecular weight is 685 g/mol. The van der Waals surface area contributed by atoms with Crippen molar-refractivity contribution in [2.24, 2.45) is 0 Å². The fraction of sp³-hybridized carbons (Fsp3) is 0.500. The molecule has 0 heterocycles. The van der Waals surface area contributed by atoms with Gasteiger partial charge in [-0.15, -0.1) is 0 Å². The molecule has 2 aromatic carbocycles. The molecule has 48 heavy (non-hydrogen) atoms. The number of carboxylic acids is 1. The van der Waals surface area contributed by atoms with Gasteiger partial charge in [0.15, 0.2) is 6.10 Å². The van der Waals surface area contributed by atoms with Gasteiger partial charge in [0.25, 0.3) is 0 Å². The SMILES string of the molecule is CCCCCCCCCOc1ccc(C2C=CC(C(=O)O)(c3ccccc3C(=O)OC(CCOCC)C(F)(F)F)C(C(F)(F)F)=C2)cc1. The largest absolute Gasteiger partial charge is 0.494 e. The van der Waals surface area contributed by atoms with E-state index in [0.717, 1.165) is 43.5 Å². The first-order chi connectivity index (χ1) is 22.8. The van der Waals surface area contributed by atoms with Gasteiger partial charge in [0.2, 0.25) is 0 Å². The molecule has 12 heteroatoms. The Morgan fingerprint density at radius 3 is 2.12 bits per heavy atom. The van der Waals surface area contributed by atoms with Crippen LogP contribution in [0.2, 0.25) is 0 Å². The summed E-state index contributed by atoms with van der Waals surface area (Å²) in [5.74, 6) is -4.05. The zero-order chi connectivity index (χ0) is 35.4. The maximum atomic E-state index is 14.7. The smallest absolute Gasteiger partial charge is 0.425 e. The van der Waals surface area contributed by atoms with Crippen molar-refractivity contribution in [1.29, 1.82) is 0 Å². The summed E-state index contributed by atoms with van der Waals surface area (Å²) in [5, 5.41) is 10.3. The first-order valence-corrected chi connectivity index (χ1v) is 16.2. The Kier molecular flexibility index (Phi) is 14.1. The summed E-state index contributed by atoms with van der Waals surface area (Å²) in [7, 11) is 0. The van der Waals surface area contributed by atoms with Crippen molar-refractivity contribution < 1.29 is 55.2 Å². The van der Waals surface area contributed by atoms with Gasteiger partial charge in [0.05, 0.1) is 24.4 Å². The van der Waals surface area contributed by atoms with Crippen LogP contribution in [-0.4, -0.2) is 55.3 Å². The van der Waals surface area contributed by atoms with Crippen LogP contribution in [0.3, 0.4) is 0 Å². The van der Waals surface area contributed by atoms with Crippen molar-refractivity contribution >= 4 is 11.9 Å². The maximum absolute atomic E-state index is 14.7. The fourth-order valence-corrected chi connectivity index (χ4v) is 5.62. The predicted molar refractivity (Wildman–Crippen MR) is 168 cm³/mol. The number of hydrogen-bond donors (Lipinski definition) is 1. The van der Waals surface area contributed by atoms with Gasteiger partial charge < -0.3 is 19.3 Å². The molecule has 0 bridgehead atoms. The van der Waals surface area contributed by atoms with E-state index in [0.29, 0.717) is 17.9 Å². The molecule has 3 rings (SSSR count). The van der Waals surface area contributed by atoms with Gasteiger partial charge >= 0.3 is 24.3 Å². The Balaban J connectivity index is 1.88. The van der Waals surface area contributed by atoms with Crippen molar-refractivity contribution in [3.63, 3.8) is 0 Å². The van der Waals surface area contributed by atoms with Crippen molar-refractivity contribution in [3.05, 3.63) is 89.0 Å². The number of aliphatic carboxylic acids is 1. The monoisotopic (exact) mass is 684 g/mol. The average Bonchev–Trinajstić information content (AvgIpc) is 3.04. The van der Waals surface area contributed by atoms with E-state index in [1.165, 1.54) is 43.9 Å². The first-order valence-electron chi connectivity index (χ1n) is 16.2. The Morgan fingerprint density at radius 1 is 0.875 bits per heavy atom. The Hall–Kier alpha value is -3.80. The Labute approximate surface area is 276 Å². The zero-order valence-corrected chi connectivity index (χ0v) is 27.0. The van der Waals surface area contributed by atoms with Crippen LogP contribution in [0.5, 0.6) is 5.75 Å². The van der Waals surface area contributed by atoms with Crippen LogP contribution in [0.15, 0.2) is 72.3 Å². The summed E-state index contributed by atoms with van der Waals surface area (Å²) in [6.45, 7) is 3.93. The second-order valence-corrected chi connectivity index (χ2v) is 11.6. The molecule has 1 aliphatic rings. The molecule has 0 fully saturated rings. The molecule has 3 unspecified atom stereocenters. The summed E-state index contributed by atoms with van der Waals surface area (Å²) < 4.78 is 101. The number of benzene rings is 2. The third kappa shape index (κ3) is 10.1. The molecule has 0 aromatic heterocycles. The van der Waals surface area contributed by atoms with E-state index < -0.39 is 71.5 Å². The lowest BCUT2D eigenvalue weighted by Gasteiger charge is -2.36. The molecule has 3 atom stereocenters. The summed E-state index contributed by atoms with van der Waals surface area (Å²) in [6, 6.07) is 10.7. The molecule has 1 N–H and O–H groups in total. The molecule has 2 aromatic rings. The number of rotatable bonds is 18. The lowest BCUT2D eigenvalue weighted by atomic mass is 9.67. The fourth-order valence-electron chi connectivity index (χ4n) is 5.62. The molecule has 0 amide bonds. The second-order valence-electron chi connectivity index (χ2n) is 11.6. The third-order valence-electron chi connectivity index (χ3n) is 8.16. The number of halogens is 6. The highest BCUT2D eigenvalue weighted by molar-refractivity contribution is 5.98. The van der Waals surface area contributed by atoms with E-state index in [4.69, 9.17) is 14.2 Å². The summed E-state index contributed by atoms with van der Waals surface area (Å²) in [5.41, 5.74) is -5.46. The van der Waals surface area contributed by atoms with E-state index in [1.807, 2.05) is 0 Å². The molecular formula is C36H42F6O6. The van der Waals surface area contributed by atoms with Gasteiger partial charge in [-0.05, 0) is 42.7 Å². The number of carboxylic acid groups (broad SMARTS) is 1. The topological polar surface area (TPSA) is 82.1 Å². The van der Waals surface area contributed by atoms with Crippen LogP contribution in [0.1, 0.15) is 92.6 Å². The summed E-state index contributed by atoms with van der Waals surface area (Å²) >= 11 is 0. The lowest BCUT2D eigenvalue weighted by Crippen LogP contribution is -2.44. The third-order valence-corrected chi connectivity index (χ3v) is 8.16. The molecular weight excluding hydrogens is 642 g/mol. The van der Waals surface area contributed by atoms with E-state index in [1.54, 1.807) is 31.2 Å². The minimum absolute atomic E-state index is 0.111. The minimum atomic E-state index is -5.20. The van der Waals surface area contributed by atoms with Crippen molar-refractivity contribution in [1.82, 2.24) is 0 Å². The highest BCUT2D eigenvalue weighted by atomic mass is 19.4. The Morgan fingerprint density at radius 2 is 1.52 bits per heavy atom. The number of carbonyl (C=O) groups excluding carboxylic acids is 1. The molecule has 1 aliphatic carbocycles. The van der Waals surface area contributed by atoms with E-state index in [9.17, 15) is 41.0 Å². The quantitative estimate of drug-likeness (QED) is 0.0729. The van der Waals surface area contributed by atoms with Crippen LogP contribution in [0.4, 0.5) is 26.3 Å². The lowest BCUT2D eigenvalue weighted by molar-refractivity contribution is -0.208. The number of ether oxygens (including phenoxy) is 3. The molecule has 0 spiro atoms. The standard InChI is InChI=1S/C36H42F6O6/c1-3-5-6-7-8-9-12-22-47-27-17-15-25(16-18-27)26-19-21-34(33(44)45,30(24-26)35(37,38)39)29-14-11-10-13-28(29)32(43)48-31(36(40,41)42)20-23-46-4-2/h10-11,13-19,21,24,26,31H,3-9,12,20,22-23H2,1-2H3,(H,44,45). The Bertz CT molecular complexity index is 1400. The molecule has 0 radical (unpaired) electrons. The number of allylic oxidation sites excluding steroid dienone is 2. The van der Waals surface area contributed by atoms with Gasteiger partial charge in [-0.1, -0.05) is 94.0 Å². The predicted octanol–water partition coefficient (Wildman–Crippen LogP) is 9.49. The number of esters is 1. The molecule has 6 nitrogen and oxygen atoms in total. The van der Waals surface area contributed by atoms with Crippen molar-refractivity contribution in [3.8, 4) is 5.75 Å². The molecule has 0 saturated heterocycles. The molecule has 264 valence electrons. The van der Waals surface area contributed by atoms with Gasteiger partial charge in [0.1, 0.15) is 11.2 Å². The van der Waals surface area contributed by atoms with Gasteiger partial charge in [-0.3, -0.25) is 4.79 Å². The highest BCUT2D eigenvalue weighted by Crippen LogP contribution is 2.49. The summed E-state index contributed by atoms with van der Waals surface area (Å²) in [6.07, 6.45) is -2.93. The van der Waals surface area contributed by atoms with E-state index in [-0.39, 0.29) is 6.61 Å². The normalized spacial score (nSPS) is 18.7. The van der Waals surface area contributed by atoms with Crippen molar-refractivity contribution in [2.45, 2.75) is 95.0 Å². The number of alkyl halides is 6. The number of carbonyl (C=O) groups is 2. The summed E-state index contributed by atoms with van der Waals surface area (Å²) in [4.78, 5) is 25.9. The van der Waals surface area contributed by atoms with Crippen LogP contribution in [0, 0.1) is 0 Å². The first kappa shape index (κ1) is 38.6. The number of hydrogen-bond acceptors (Lipinski definition) is 5. The second kappa shape index (κ2) is 17.6. The van der Waals surface area contributed by atoms with Crippen LogP contribution >= 0.6 is 0 Å². The zero-order valence-electron chi connectivity index (χ0n) is 27.0. The van der Waals surface area contributed by atoms with Crippen LogP contribution in [0.25, 0.3) is 0 Å². The highest BCUT2D eigenvalue weighted by Gasteiger charge is 2.56. The van der Waals surface area contributed by atoms with Gasteiger partial charge in [-0.2, -0.15) is 26.3 Å². The maximum Gasteiger partial charge on any atom is 0.425 e. The van der Waals surface area contributed by atoms with Gasteiger partial charge in [0, 0.05) is 18.9 Å². The van der Waals surface area contributed by atoms with Crippen LogP contribution < -0.4 is 4.74 Å². The van der Waals surface area contributed by atoms with Gasteiger partial charge in [-0.25, -0.2) is 4.79 Å². The minimum Gasteiger partial charge on any atom is -0.494 e. The van der Waals surface area contributed by atoms with E-state index in [2.05, 4.69) is 6.92 Å². The van der Waals surface area contributed by atoms with Crippen molar-refractivity contribution in [2.75, 3.05) is 19.8 Å². The van der Waals surface area contributed by atoms with Crippen LogP contribution in [-0.2, 0) is 19.7 Å². The molecule has 0 saturated carbocycles. The number of unbranched alkanes of at least 4 members (excludes halogenated alkanes) is 6. The van der Waals surface area contributed by atoms with E-state index >= 15 is 0 Å².